The Morgan fingerprint density at radius 3 is 2.17 bits per heavy atom. The second-order valence-corrected chi connectivity index (χ2v) is 8.81. The van der Waals surface area contributed by atoms with Crippen LogP contribution < -0.4 is 4.74 Å². The van der Waals surface area contributed by atoms with Crippen LogP contribution in [-0.2, 0) is 0 Å². The van der Waals surface area contributed by atoms with Gasteiger partial charge in [0, 0.05) is 6.07 Å². The summed E-state index contributed by atoms with van der Waals surface area (Å²) in [4.78, 5) is 0. The standard InChI is InChI=1S/C26H40FNO/c1-2-3-4-5-6-7-8-9-13-22-14-10-11-15-23(22)16-12-19-29-25-18-17-24(21-28)26(27)20-25/h17-18,20,22-23H,2-16,19H2,1H3. The molecule has 3 heteroatoms. The summed E-state index contributed by atoms with van der Waals surface area (Å²) in [5.74, 6) is 1.77. The third-order valence-corrected chi connectivity index (χ3v) is 6.54. The van der Waals surface area contributed by atoms with Crippen LogP contribution in [0, 0.1) is 29.0 Å². The van der Waals surface area contributed by atoms with Gasteiger partial charge >= 0.3 is 0 Å². The number of halogens is 1. The van der Waals surface area contributed by atoms with E-state index in [1.54, 1.807) is 6.07 Å². The molecule has 2 atom stereocenters. The van der Waals surface area contributed by atoms with Gasteiger partial charge in [0.1, 0.15) is 17.6 Å². The molecule has 2 nitrogen and oxygen atoms in total. The second kappa shape index (κ2) is 14.4. The molecule has 0 saturated heterocycles. The Hall–Kier alpha value is -1.56. The van der Waals surface area contributed by atoms with Crippen molar-refractivity contribution in [1.29, 1.82) is 5.26 Å². The number of nitrogens with zero attached hydrogens (tertiary/aromatic N) is 1. The fraction of sp³-hybridized carbons (Fsp3) is 0.731. The lowest BCUT2D eigenvalue weighted by Crippen LogP contribution is -2.20. The fourth-order valence-electron chi connectivity index (χ4n) is 4.80. The molecule has 1 fully saturated rings. The zero-order valence-corrected chi connectivity index (χ0v) is 18.4. The summed E-state index contributed by atoms with van der Waals surface area (Å²) in [6.45, 7) is 2.91. The lowest BCUT2D eigenvalue weighted by atomic mass is 9.74. The Morgan fingerprint density at radius 1 is 0.931 bits per heavy atom. The maximum atomic E-state index is 13.6. The number of unbranched alkanes of at least 4 members (excludes halogenated alkanes) is 7. The second-order valence-electron chi connectivity index (χ2n) is 8.81. The molecule has 0 aliphatic heterocycles. The van der Waals surface area contributed by atoms with Crippen molar-refractivity contribution in [3.8, 4) is 11.8 Å². The van der Waals surface area contributed by atoms with Gasteiger partial charge in [-0.15, -0.1) is 0 Å². The predicted octanol–water partition coefficient (Wildman–Crippen LogP) is 8.19. The van der Waals surface area contributed by atoms with Crippen molar-refractivity contribution >= 4 is 0 Å². The molecule has 2 rings (SSSR count). The van der Waals surface area contributed by atoms with Crippen LogP contribution in [0.15, 0.2) is 18.2 Å². The van der Waals surface area contributed by atoms with E-state index in [1.165, 1.54) is 102 Å². The molecule has 1 saturated carbocycles. The third kappa shape index (κ3) is 9.20. The van der Waals surface area contributed by atoms with Gasteiger partial charge in [-0.2, -0.15) is 5.26 Å². The van der Waals surface area contributed by atoms with Gasteiger partial charge in [-0.3, -0.25) is 0 Å². The van der Waals surface area contributed by atoms with Crippen LogP contribution >= 0.6 is 0 Å². The minimum Gasteiger partial charge on any atom is -0.493 e. The van der Waals surface area contributed by atoms with Crippen molar-refractivity contribution < 1.29 is 9.13 Å². The monoisotopic (exact) mass is 401 g/mol. The summed E-state index contributed by atoms with van der Waals surface area (Å²) in [6, 6.07) is 6.35. The van der Waals surface area contributed by atoms with E-state index in [4.69, 9.17) is 10.00 Å². The Balaban J connectivity index is 1.60. The Bertz CT molecular complexity index is 609. The highest BCUT2D eigenvalue weighted by Gasteiger charge is 2.24. The van der Waals surface area contributed by atoms with Gasteiger partial charge in [0.25, 0.3) is 0 Å². The molecule has 0 bridgehead atoms. The molecule has 1 aromatic carbocycles. The van der Waals surface area contributed by atoms with Gasteiger partial charge in [0.2, 0.25) is 0 Å². The number of ether oxygens (including phenoxy) is 1. The highest BCUT2D eigenvalue weighted by atomic mass is 19.1. The van der Waals surface area contributed by atoms with Gasteiger partial charge < -0.3 is 4.74 Å². The average molecular weight is 402 g/mol. The van der Waals surface area contributed by atoms with E-state index in [-0.39, 0.29) is 5.56 Å². The average Bonchev–Trinajstić information content (AvgIpc) is 2.74. The van der Waals surface area contributed by atoms with Crippen LogP contribution in [0.3, 0.4) is 0 Å². The summed E-state index contributed by atoms with van der Waals surface area (Å²) >= 11 is 0. The van der Waals surface area contributed by atoms with E-state index in [2.05, 4.69) is 6.92 Å². The van der Waals surface area contributed by atoms with Crippen molar-refractivity contribution in [3.05, 3.63) is 29.6 Å². The number of nitriles is 1. The van der Waals surface area contributed by atoms with Gasteiger partial charge in [-0.25, -0.2) is 4.39 Å². The van der Waals surface area contributed by atoms with Crippen molar-refractivity contribution in [2.24, 2.45) is 11.8 Å². The first-order chi connectivity index (χ1) is 14.2. The molecule has 162 valence electrons. The molecule has 29 heavy (non-hydrogen) atoms. The first-order valence-corrected chi connectivity index (χ1v) is 12.1. The minimum absolute atomic E-state index is 0.0726. The largest absolute Gasteiger partial charge is 0.493 e. The summed E-state index contributed by atoms with van der Waals surface area (Å²) in [5, 5.41) is 8.80. The van der Waals surface area contributed by atoms with E-state index in [0.717, 1.165) is 18.3 Å². The molecule has 1 aliphatic rings. The maximum Gasteiger partial charge on any atom is 0.144 e. The quantitative estimate of drug-likeness (QED) is 0.294. The van der Waals surface area contributed by atoms with Gasteiger partial charge in [0.05, 0.1) is 12.2 Å². The summed E-state index contributed by atoms with van der Waals surface area (Å²) in [7, 11) is 0. The van der Waals surface area contributed by atoms with Crippen LogP contribution in [0.5, 0.6) is 5.75 Å². The highest BCUT2D eigenvalue weighted by Crippen LogP contribution is 2.36. The molecule has 0 radical (unpaired) electrons. The molecule has 0 aromatic heterocycles. The van der Waals surface area contributed by atoms with Gasteiger partial charge in [-0.05, 0) is 36.8 Å². The molecule has 0 amide bonds. The van der Waals surface area contributed by atoms with Crippen LogP contribution in [-0.4, -0.2) is 6.61 Å². The highest BCUT2D eigenvalue weighted by molar-refractivity contribution is 5.36. The minimum atomic E-state index is -0.497. The van der Waals surface area contributed by atoms with E-state index < -0.39 is 5.82 Å². The lowest BCUT2D eigenvalue weighted by Gasteiger charge is -2.32. The number of hydrogen-bond donors (Lipinski definition) is 0. The first-order valence-electron chi connectivity index (χ1n) is 12.1. The van der Waals surface area contributed by atoms with E-state index in [9.17, 15) is 4.39 Å². The molecule has 2 unspecified atom stereocenters. The molecular weight excluding hydrogens is 361 g/mol. The van der Waals surface area contributed by atoms with Crippen LogP contribution in [0.25, 0.3) is 0 Å². The summed E-state index contributed by atoms with van der Waals surface area (Å²) < 4.78 is 19.4. The van der Waals surface area contributed by atoms with Gasteiger partial charge in [0.15, 0.2) is 0 Å². The van der Waals surface area contributed by atoms with Crippen molar-refractivity contribution in [2.45, 2.75) is 103 Å². The predicted molar refractivity (Wildman–Crippen MR) is 119 cm³/mol. The maximum absolute atomic E-state index is 13.6. The van der Waals surface area contributed by atoms with Crippen molar-refractivity contribution in [1.82, 2.24) is 0 Å². The Labute approximate surface area is 177 Å². The van der Waals surface area contributed by atoms with Crippen LogP contribution in [0.4, 0.5) is 4.39 Å². The first kappa shape index (κ1) is 23.7. The Kier molecular flexibility index (Phi) is 11.8. The van der Waals surface area contributed by atoms with Crippen molar-refractivity contribution in [3.63, 3.8) is 0 Å². The smallest absolute Gasteiger partial charge is 0.144 e. The normalized spacial score (nSPS) is 19.1. The molecule has 1 aromatic rings. The molecular formula is C26H40FNO. The zero-order chi connectivity index (χ0) is 20.7. The Morgan fingerprint density at radius 2 is 1.55 bits per heavy atom. The number of hydrogen-bond acceptors (Lipinski definition) is 2. The SMILES string of the molecule is CCCCCCCCCCC1CCCCC1CCCOc1ccc(C#N)c(F)c1. The van der Waals surface area contributed by atoms with Gasteiger partial charge in [-0.1, -0.05) is 90.4 Å². The van der Waals surface area contributed by atoms with E-state index in [0.29, 0.717) is 12.4 Å². The van der Waals surface area contributed by atoms with Crippen LogP contribution in [0.2, 0.25) is 0 Å². The van der Waals surface area contributed by atoms with E-state index in [1.807, 2.05) is 6.07 Å². The zero-order valence-electron chi connectivity index (χ0n) is 18.4. The summed E-state index contributed by atoms with van der Waals surface area (Å²) in [5.41, 5.74) is 0.0726. The number of rotatable bonds is 14. The molecule has 0 spiro atoms. The lowest BCUT2D eigenvalue weighted by molar-refractivity contribution is 0.190. The topological polar surface area (TPSA) is 33.0 Å². The molecule has 0 heterocycles. The fourth-order valence-corrected chi connectivity index (χ4v) is 4.80. The van der Waals surface area contributed by atoms with Crippen molar-refractivity contribution in [2.75, 3.05) is 6.61 Å². The number of benzene rings is 1. The van der Waals surface area contributed by atoms with Crippen LogP contribution in [0.1, 0.15) is 109 Å². The molecule has 1 aliphatic carbocycles. The molecule has 0 N–H and O–H groups in total. The summed E-state index contributed by atoms with van der Waals surface area (Å²) in [6.07, 6.45) is 20.4. The third-order valence-electron chi connectivity index (χ3n) is 6.54. The van der Waals surface area contributed by atoms with E-state index >= 15 is 0 Å².